The summed E-state index contributed by atoms with van der Waals surface area (Å²) in [6, 6.07) is 2.37. The molecule has 0 aromatic heterocycles. The first kappa shape index (κ1) is 9.51. The summed E-state index contributed by atoms with van der Waals surface area (Å²) in [5.41, 5.74) is 0.365. The van der Waals surface area contributed by atoms with E-state index in [2.05, 4.69) is 0 Å². The Hall–Kier alpha value is -0.575. The Morgan fingerprint density at radius 2 is 2.00 bits per heavy atom. The molecule has 1 aromatic carbocycles. The summed E-state index contributed by atoms with van der Waals surface area (Å²) in [5.74, 6) is -0.536. The van der Waals surface area contributed by atoms with Crippen LogP contribution in [-0.2, 0) is 0 Å². The number of hydrogen-bond acceptors (Lipinski definition) is 2. The van der Waals surface area contributed by atoms with Crippen molar-refractivity contribution in [2.24, 2.45) is 0 Å². The van der Waals surface area contributed by atoms with Gasteiger partial charge < -0.3 is 10.0 Å². The van der Waals surface area contributed by atoms with Crippen LogP contribution in [0, 0.1) is 12.7 Å². The van der Waals surface area contributed by atoms with Crippen LogP contribution >= 0.6 is 11.6 Å². The molecule has 0 bridgehead atoms. The van der Waals surface area contributed by atoms with E-state index < -0.39 is 12.9 Å². The zero-order valence-corrected chi connectivity index (χ0v) is 7.14. The fourth-order valence-corrected chi connectivity index (χ4v) is 1.03. The Balaban J connectivity index is 3.21. The second-order valence-electron chi connectivity index (χ2n) is 2.48. The van der Waals surface area contributed by atoms with Crippen molar-refractivity contribution in [3.05, 3.63) is 28.5 Å². The van der Waals surface area contributed by atoms with Crippen molar-refractivity contribution in [1.29, 1.82) is 0 Å². The summed E-state index contributed by atoms with van der Waals surface area (Å²) in [6.07, 6.45) is 0. The first-order valence-electron chi connectivity index (χ1n) is 3.34. The number of hydrogen-bond donors (Lipinski definition) is 2. The summed E-state index contributed by atoms with van der Waals surface area (Å²) in [4.78, 5) is 0. The van der Waals surface area contributed by atoms with E-state index in [4.69, 9.17) is 21.6 Å². The van der Waals surface area contributed by atoms with Gasteiger partial charge in [-0.05, 0) is 24.5 Å². The highest BCUT2D eigenvalue weighted by molar-refractivity contribution is 6.59. The average molecular weight is 188 g/mol. The lowest BCUT2D eigenvalue weighted by atomic mass is 9.80. The summed E-state index contributed by atoms with van der Waals surface area (Å²) in [5, 5.41) is 17.6. The number of rotatable bonds is 1. The van der Waals surface area contributed by atoms with Crippen LogP contribution in [0.2, 0.25) is 5.02 Å². The van der Waals surface area contributed by atoms with Gasteiger partial charge in [0, 0.05) is 10.6 Å². The van der Waals surface area contributed by atoms with Crippen molar-refractivity contribution in [1.82, 2.24) is 0 Å². The van der Waals surface area contributed by atoms with E-state index in [-0.39, 0.29) is 10.5 Å². The molecule has 2 N–H and O–H groups in total. The van der Waals surface area contributed by atoms with Gasteiger partial charge in [0.2, 0.25) is 0 Å². The normalized spacial score (nSPS) is 10.1. The maximum absolute atomic E-state index is 12.9. The van der Waals surface area contributed by atoms with E-state index in [1.165, 1.54) is 13.0 Å². The minimum absolute atomic E-state index is 0.0584. The second kappa shape index (κ2) is 3.43. The van der Waals surface area contributed by atoms with Crippen LogP contribution in [0.4, 0.5) is 4.39 Å². The maximum atomic E-state index is 12.9. The minimum Gasteiger partial charge on any atom is -0.423 e. The summed E-state index contributed by atoms with van der Waals surface area (Å²) < 4.78 is 12.9. The van der Waals surface area contributed by atoms with Crippen LogP contribution in [0.15, 0.2) is 12.1 Å². The van der Waals surface area contributed by atoms with Crippen LogP contribution in [0.1, 0.15) is 5.56 Å². The molecule has 0 heterocycles. The van der Waals surface area contributed by atoms with Gasteiger partial charge >= 0.3 is 7.12 Å². The van der Waals surface area contributed by atoms with Gasteiger partial charge in [0.15, 0.2) is 0 Å². The molecular weight excluding hydrogens is 181 g/mol. The van der Waals surface area contributed by atoms with Gasteiger partial charge in [-0.15, -0.1) is 0 Å². The highest BCUT2D eigenvalue weighted by Gasteiger charge is 2.14. The van der Waals surface area contributed by atoms with Crippen LogP contribution in [0.5, 0.6) is 0 Å². The van der Waals surface area contributed by atoms with Crippen molar-refractivity contribution in [2.75, 3.05) is 0 Å². The summed E-state index contributed by atoms with van der Waals surface area (Å²) in [7, 11) is -1.68. The van der Waals surface area contributed by atoms with Crippen molar-refractivity contribution < 1.29 is 14.4 Å². The van der Waals surface area contributed by atoms with Crippen LogP contribution in [0.25, 0.3) is 0 Å². The largest absolute Gasteiger partial charge is 0.488 e. The fraction of sp³-hybridized carbons (Fsp3) is 0.143. The highest BCUT2D eigenvalue weighted by atomic mass is 35.5. The van der Waals surface area contributed by atoms with Gasteiger partial charge in [0.05, 0.1) is 0 Å². The molecule has 0 spiro atoms. The molecule has 0 aliphatic rings. The highest BCUT2D eigenvalue weighted by Crippen LogP contribution is 2.15. The van der Waals surface area contributed by atoms with Gasteiger partial charge in [-0.25, -0.2) is 4.39 Å². The summed E-state index contributed by atoms with van der Waals surface area (Å²) in [6.45, 7) is 1.52. The zero-order valence-electron chi connectivity index (χ0n) is 6.38. The molecule has 0 saturated heterocycles. The molecule has 0 amide bonds. The smallest absolute Gasteiger partial charge is 0.423 e. The maximum Gasteiger partial charge on any atom is 0.488 e. The number of benzene rings is 1. The van der Waals surface area contributed by atoms with Crippen molar-refractivity contribution in [2.45, 2.75) is 6.92 Å². The predicted octanol–water partition coefficient (Wildman–Crippen LogP) is 0.467. The molecule has 2 nitrogen and oxygen atoms in total. The van der Waals surface area contributed by atoms with Gasteiger partial charge in [-0.1, -0.05) is 11.6 Å². The molecule has 0 fully saturated rings. The first-order valence-corrected chi connectivity index (χ1v) is 3.72. The predicted molar refractivity (Wildman–Crippen MR) is 46.0 cm³/mol. The van der Waals surface area contributed by atoms with Crippen LogP contribution in [-0.4, -0.2) is 17.2 Å². The van der Waals surface area contributed by atoms with Crippen molar-refractivity contribution >= 4 is 24.2 Å². The molecule has 64 valence electrons. The van der Waals surface area contributed by atoms with Gasteiger partial charge in [-0.3, -0.25) is 0 Å². The quantitative estimate of drug-likeness (QED) is 0.629. The Labute approximate surface area is 74.7 Å². The standard InChI is InChI=1S/C7H7BClFO2/c1-4-6(9)2-5(8(11)12)3-7(4)10/h2-3,11-12H,1H3. The number of halogens is 2. The van der Waals surface area contributed by atoms with Crippen LogP contribution < -0.4 is 5.46 Å². The minimum atomic E-state index is -1.68. The van der Waals surface area contributed by atoms with E-state index in [1.807, 2.05) is 0 Å². The lowest BCUT2D eigenvalue weighted by Crippen LogP contribution is -2.30. The SMILES string of the molecule is Cc1c(F)cc(B(O)O)cc1Cl. The van der Waals surface area contributed by atoms with E-state index in [1.54, 1.807) is 0 Å². The molecule has 12 heavy (non-hydrogen) atoms. The molecule has 5 heteroatoms. The zero-order chi connectivity index (χ0) is 9.30. The van der Waals surface area contributed by atoms with Gasteiger partial charge in [0.25, 0.3) is 0 Å². The first-order chi connectivity index (χ1) is 5.52. The summed E-state index contributed by atoms with van der Waals surface area (Å²) >= 11 is 5.60. The van der Waals surface area contributed by atoms with Crippen molar-refractivity contribution in [3.63, 3.8) is 0 Å². The van der Waals surface area contributed by atoms with E-state index in [0.717, 1.165) is 6.07 Å². The van der Waals surface area contributed by atoms with Gasteiger partial charge in [0.1, 0.15) is 5.82 Å². The molecule has 1 aromatic rings. The van der Waals surface area contributed by atoms with Gasteiger partial charge in [-0.2, -0.15) is 0 Å². The molecule has 0 unspecified atom stereocenters. The fourth-order valence-electron chi connectivity index (χ4n) is 0.814. The Kier molecular flexibility index (Phi) is 2.72. The molecule has 1 rings (SSSR count). The molecule has 0 aliphatic heterocycles. The molecule has 0 radical (unpaired) electrons. The van der Waals surface area contributed by atoms with E-state index in [9.17, 15) is 4.39 Å². The monoisotopic (exact) mass is 188 g/mol. The Morgan fingerprint density at radius 1 is 1.42 bits per heavy atom. The third kappa shape index (κ3) is 1.77. The van der Waals surface area contributed by atoms with Crippen molar-refractivity contribution in [3.8, 4) is 0 Å². The topological polar surface area (TPSA) is 40.5 Å². The average Bonchev–Trinajstić information content (AvgIpc) is 1.99. The third-order valence-electron chi connectivity index (χ3n) is 1.60. The molecule has 0 atom stereocenters. The van der Waals surface area contributed by atoms with E-state index >= 15 is 0 Å². The molecule has 0 aliphatic carbocycles. The molecular formula is C7H7BClFO2. The van der Waals surface area contributed by atoms with Crippen LogP contribution in [0.3, 0.4) is 0 Å². The molecule has 0 saturated carbocycles. The second-order valence-corrected chi connectivity index (χ2v) is 2.89. The Bertz CT molecular complexity index is 280. The van der Waals surface area contributed by atoms with E-state index in [0.29, 0.717) is 5.56 Å². The lowest BCUT2D eigenvalue weighted by molar-refractivity contribution is 0.425. The lowest BCUT2D eigenvalue weighted by Gasteiger charge is -2.03. The Morgan fingerprint density at radius 3 is 2.42 bits per heavy atom. The third-order valence-corrected chi connectivity index (χ3v) is 1.99.